The summed E-state index contributed by atoms with van der Waals surface area (Å²) in [5, 5.41) is 4.31. The second kappa shape index (κ2) is 9.05. The van der Waals surface area contributed by atoms with Gasteiger partial charge in [-0.1, -0.05) is 0 Å². The molecule has 0 bridgehead atoms. The van der Waals surface area contributed by atoms with E-state index in [1.165, 1.54) is 18.7 Å². The maximum Gasteiger partial charge on any atom is 0.405 e. The van der Waals surface area contributed by atoms with Gasteiger partial charge in [0.2, 0.25) is 5.91 Å². The summed E-state index contributed by atoms with van der Waals surface area (Å²) >= 11 is 0. The monoisotopic (exact) mass is 381 g/mol. The van der Waals surface area contributed by atoms with Gasteiger partial charge in [0.25, 0.3) is 0 Å². The molecule has 23 heavy (non-hydrogen) atoms. The standard InChI is InChI=1S/C12H22F3N3O3S.ClH/c1-9(2)22(20,21)8-11(19)17-7-10(12(13,14)15)18-5-3-16-4-6-18;/h9-10,16H,3-8H2,1-2H3,(H,17,19);1H. The lowest BCUT2D eigenvalue weighted by atomic mass is 10.2. The summed E-state index contributed by atoms with van der Waals surface area (Å²) in [4.78, 5) is 12.8. The van der Waals surface area contributed by atoms with Gasteiger partial charge in [0.05, 0.1) is 5.25 Å². The van der Waals surface area contributed by atoms with Crippen molar-refractivity contribution in [3.8, 4) is 0 Å². The Labute approximate surface area is 140 Å². The zero-order chi connectivity index (χ0) is 17.0. The molecule has 0 radical (unpaired) electrons. The molecule has 0 aliphatic carbocycles. The third-order valence-corrected chi connectivity index (χ3v) is 5.61. The number of sulfone groups is 1. The SMILES string of the molecule is CC(C)S(=O)(=O)CC(=O)NCC(N1CCNCC1)C(F)(F)F.Cl. The van der Waals surface area contributed by atoms with E-state index in [9.17, 15) is 26.4 Å². The molecule has 1 amide bonds. The Balaban J connectivity index is 0.00000484. The van der Waals surface area contributed by atoms with Gasteiger partial charge in [0.1, 0.15) is 11.8 Å². The molecule has 1 unspecified atom stereocenters. The number of nitrogens with one attached hydrogen (secondary N) is 2. The molecule has 1 aliphatic heterocycles. The Morgan fingerprint density at radius 1 is 1.26 bits per heavy atom. The molecule has 138 valence electrons. The highest BCUT2D eigenvalue weighted by Crippen LogP contribution is 2.24. The first-order chi connectivity index (χ1) is 10.0. The van der Waals surface area contributed by atoms with Gasteiger partial charge in [-0.3, -0.25) is 9.69 Å². The highest BCUT2D eigenvalue weighted by molar-refractivity contribution is 7.92. The molecule has 6 nitrogen and oxygen atoms in total. The van der Waals surface area contributed by atoms with E-state index < -0.39 is 45.5 Å². The van der Waals surface area contributed by atoms with Crippen LogP contribution >= 0.6 is 12.4 Å². The van der Waals surface area contributed by atoms with Gasteiger partial charge in [-0.05, 0) is 13.8 Å². The van der Waals surface area contributed by atoms with Crippen molar-refractivity contribution < 1.29 is 26.4 Å². The van der Waals surface area contributed by atoms with Gasteiger partial charge in [0.15, 0.2) is 9.84 Å². The third-order valence-electron chi connectivity index (χ3n) is 3.51. The Hall–Kier alpha value is -0.580. The van der Waals surface area contributed by atoms with Crippen LogP contribution in [0, 0.1) is 0 Å². The van der Waals surface area contributed by atoms with Crippen LogP contribution in [0.5, 0.6) is 0 Å². The van der Waals surface area contributed by atoms with E-state index in [0.717, 1.165) is 0 Å². The summed E-state index contributed by atoms with van der Waals surface area (Å²) in [5.41, 5.74) is 0. The number of hydrogen-bond acceptors (Lipinski definition) is 5. The Bertz CT molecular complexity index is 480. The molecule has 0 spiro atoms. The summed E-state index contributed by atoms with van der Waals surface area (Å²) in [5.74, 6) is -1.70. The largest absolute Gasteiger partial charge is 0.405 e. The normalized spacial score (nSPS) is 18.3. The summed E-state index contributed by atoms with van der Waals surface area (Å²) in [7, 11) is -3.62. The molecule has 1 rings (SSSR count). The minimum Gasteiger partial charge on any atom is -0.353 e. The van der Waals surface area contributed by atoms with Crippen LogP contribution in [-0.4, -0.2) is 75.2 Å². The number of rotatable bonds is 6. The van der Waals surface area contributed by atoms with E-state index in [2.05, 4.69) is 10.6 Å². The molecule has 0 aromatic heterocycles. The van der Waals surface area contributed by atoms with Crippen LogP contribution in [0.25, 0.3) is 0 Å². The van der Waals surface area contributed by atoms with Crippen molar-refractivity contribution in [2.24, 2.45) is 0 Å². The predicted octanol–water partition coefficient (Wildman–Crippen LogP) is 0.184. The summed E-state index contributed by atoms with van der Waals surface area (Å²) < 4.78 is 62.4. The van der Waals surface area contributed by atoms with Crippen molar-refractivity contribution in [3.05, 3.63) is 0 Å². The van der Waals surface area contributed by atoms with Crippen molar-refractivity contribution >= 4 is 28.2 Å². The third kappa shape index (κ3) is 7.23. The average molecular weight is 382 g/mol. The van der Waals surface area contributed by atoms with Gasteiger partial charge < -0.3 is 10.6 Å². The molecule has 1 aliphatic rings. The van der Waals surface area contributed by atoms with Gasteiger partial charge in [0, 0.05) is 32.7 Å². The molecule has 11 heteroatoms. The van der Waals surface area contributed by atoms with Crippen LogP contribution in [0.2, 0.25) is 0 Å². The lowest BCUT2D eigenvalue weighted by molar-refractivity contribution is -0.183. The number of carbonyl (C=O) groups excluding carboxylic acids is 1. The molecule has 0 saturated carbocycles. The zero-order valence-corrected chi connectivity index (χ0v) is 14.7. The second-order valence-corrected chi connectivity index (χ2v) is 8.06. The Morgan fingerprint density at radius 3 is 2.22 bits per heavy atom. The van der Waals surface area contributed by atoms with Crippen molar-refractivity contribution in [1.82, 2.24) is 15.5 Å². The van der Waals surface area contributed by atoms with Gasteiger partial charge >= 0.3 is 6.18 Å². The van der Waals surface area contributed by atoms with Gasteiger partial charge in [-0.2, -0.15) is 13.2 Å². The predicted molar refractivity (Wildman–Crippen MR) is 83.5 cm³/mol. The first kappa shape index (κ1) is 22.4. The fourth-order valence-corrected chi connectivity index (χ4v) is 2.86. The Morgan fingerprint density at radius 2 is 1.78 bits per heavy atom. The first-order valence-electron chi connectivity index (χ1n) is 7.04. The highest BCUT2D eigenvalue weighted by Gasteiger charge is 2.43. The number of alkyl halides is 3. The van der Waals surface area contributed by atoms with Crippen molar-refractivity contribution in [1.29, 1.82) is 0 Å². The number of carbonyl (C=O) groups is 1. The topological polar surface area (TPSA) is 78.5 Å². The fraction of sp³-hybridized carbons (Fsp3) is 0.917. The van der Waals surface area contributed by atoms with Crippen LogP contribution in [0.15, 0.2) is 0 Å². The molecular formula is C12H23ClF3N3O3S. The molecular weight excluding hydrogens is 359 g/mol. The van der Waals surface area contributed by atoms with Crippen LogP contribution in [-0.2, 0) is 14.6 Å². The quantitative estimate of drug-likeness (QED) is 0.686. The number of piperazine rings is 1. The molecule has 1 fully saturated rings. The smallest absolute Gasteiger partial charge is 0.353 e. The molecule has 0 aromatic carbocycles. The molecule has 1 heterocycles. The second-order valence-electron chi connectivity index (χ2n) is 5.50. The van der Waals surface area contributed by atoms with E-state index in [-0.39, 0.29) is 25.5 Å². The lowest BCUT2D eigenvalue weighted by Crippen LogP contribution is -2.57. The van der Waals surface area contributed by atoms with E-state index in [1.54, 1.807) is 0 Å². The van der Waals surface area contributed by atoms with Crippen molar-refractivity contribution in [3.63, 3.8) is 0 Å². The van der Waals surface area contributed by atoms with E-state index in [4.69, 9.17) is 0 Å². The highest BCUT2D eigenvalue weighted by atomic mass is 35.5. The maximum absolute atomic E-state index is 13.1. The number of hydrogen-bond donors (Lipinski definition) is 2. The summed E-state index contributed by atoms with van der Waals surface area (Å²) in [6.45, 7) is 3.54. The van der Waals surface area contributed by atoms with Crippen LogP contribution in [0.1, 0.15) is 13.8 Å². The number of nitrogens with zero attached hydrogens (tertiary/aromatic N) is 1. The zero-order valence-electron chi connectivity index (χ0n) is 13.0. The van der Waals surface area contributed by atoms with Gasteiger partial charge in [-0.15, -0.1) is 12.4 Å². The molecule has 0 aromatic rings. The minimum absolute atomic E-state index is 0. The molecule has 2 N–H and O–H groups in total. The maximum atomic E-state index is 13.1. The van der Waals surface area contributed by atoms with Crippen molar-refractivity contribution in [2.45, 2.75) is 31.3 Å². The lowest BCUT2D eigenvalue weighted by Gasteiger charge is -2.35. The van der Waals surface area contributed by atoms with E-state index in [1.807, 2.05) is 0 Å². The Kier molecular flexibility index (Phi) is 8.82. The van der Waals surface area contributed by atoms with Gasteiger partial charge in [-0.25, -0.2) is 8.42 Å². The summed E-state index contributed by atoms with van der Waals surface area (Å²) in [6.07, 6.45) is -4.48. The minimum atomic E-state index is -4.48. The van der Waals surface area contributed by atoms with E-state index in [0.29, 0.717) is 13.1 Å². The van der Waals surface area contributed by atoms with Crippen LogP contribution in [0.4, 0.5) is 13.2 Å². The van der Waals surface area contributed by atoms with E-state index >= 15 is 0 Å². The molecule has 1 saturated heterocycles. The van der Waals surface area contributed by atoms with Crippen molar-refractivity contribution in [2.75, 3.05) is 38.5 Å². The van der Waals surface area contributed by atoms with Crippen LogP contribution < -0.4 is 10.6 Å². The number of amides is 1. The van der Waals surface area contributed by atoms with Crippen LogP contribution in [0.3, 0.4) is 0 Å². The average Bonchev–Trinajstić information content (AvgIpc) is 2.37. The first-order valence-corrected chi connectivity index (χ1v) is 8.75. The molecule has 1 atom stereocenters. The summed E-state index contributed by atoms with van der Waals surface area (Å²) in [6, 6.07) is -1.81. The fourth-order valence-electron chi connectivity index (χ4n) is 2.06. The number of halogens is 4.